The predicted molar refractivity (Wildman–Crippen MR) is 154 cm³/mol. The Hall–Kier alpha value is -4.10. The molecule has 35 heavy (non-hydrogen) atoms. The van der Waals surface area contributed by atoms with Gasteiger partial charge in [-0.3, -0.25) is 0 Å². The van der Waals surface area contributed by atoms with E-state index in [2.05, 4.69) is 160 Å². The van der Waals surface area contributed by atoms with Crippen molar-refractivity contribution in [1.29, 1.82) is 0 Å². The Labute approximate surface area is 210 Å². The maximum atomic E-state index is 2.25. The van der Waals surface area contributed by atoms with E-state index in [0.29, 0.717) is 0 Å². The average Bonchev–Trinajstić information content (AvgIpc) is 2.89. The number of allylic oxidation sites excluding steroid dienone is 3. The SMILES string of the molecule is CC(C)=CN(c1ccc(/C=C(/C)c2ccccc2)cc1)c1ccc(/C=C(/C)c2ccccc2)cc1. The minimum absolute atomic E-state index is 1.14. The van der Waals surface area contributed by atoms with Gasteiger partial charge in [0.2, 0.25) is 0 Å². The van der Waals surface area contributed by atoms with Crippen LogP contribution in [0, 0.1) is 0 Å². The Morgan fingerprint density at radius 2 is 0.857 bits per heavy atom. The molecule has 4 aromatic carbocycles. The minimum atomic E-state index is 1.14. The van der Waals surface area contributed by atoms with Crippen LogP contribution in [-0.2, 0) is 0 Å². The molecule has 4 aromatic rings. The van der Waals surface area contributed by atoms with Gasteiger partial charge in [-0.05, 0) is 85.4 Å². The molecule has 174 valence electrons. The highest BCUT2D eigenvalue weighted by atomic mass is 15.1. The number of anilines is 2. The molecule has 0 unspecified atom stereocenters. The second-order valence-electron chi connectivity index (χ2n) is 9.15. The van der Waals surface area contributed by atoms with Crippen molar-refractivity contribution in [3.8, 4) is 0 Å². The minimum Gasteiger partial charge on any atom is -0.317 e. The smallest absolute Gasteiger partial charge is 0.0455 e. The first-order chi connectivity index (χ1) is 17.0. The molecule has 0 N–H and O–H groups in total. The molecule has 0 aliphatic rings. The van der Waals surface area contributed by atoms with Gasteiger partial charge in [0.25, 0.3) is 0 Å². The molecule has 0 saturated heterocycles. The van der Waals surface area contributed by atoms with Gasteiger partial charge >= 0.3 is 0 Å². The zero-order valence-electron chi connectivity index (χ0n) is 21.1. The molecule has 0 spiro atoms. The Kier molecular flexibility index (Phi) is 7.80. The monoisotopic (exact) mass is 455 g/mol. The Morgan fingerprint density at radius 3 is 1.20 bits per heavy atom. The zero-order chi connectivity index (χ0) is 24.6. The maximum absolute atomic E-state index is 2.25. The van der Waals surface area contributed by atoms with Gasteiger partial charge in [-0.25, -0.2) is 0 Å². The fourth-order valence-electron chi connectivity index (χ4n) is 4.09. The molecule has 0 atom stereocenters. The lowest BCUT2D eigenvalue weighted by atomic mass is 10.0. The van der Waals surface area contributed by atoms with Crippen LogP contribution in [0.3, 0.4) is 0 Å². The molecule has 0 aromatic heterocycles. The molecule has 4 rings (SSSR count). The molecule has 0 saturated carbocycles. The fourth-order valence-corrected chi connectivity index (χ4v) is 4.09. The first-order valence-corrected chi connectivity index (χ1v) is 12.1. The predicted octanol–water partition coefficient (Wildman–Crippen LogP) is 9.87. The Bertz CT molecular complexity index is 1220. The van der Waals surface area contributed by atoms with Crippen LogP contribution in [0.15, 0.2) is 121 Å². The molecule has 0 aliphatic heterocycles. The molecule has 0 aliphatic carbocycles. The molecule has 1 heteroatoms. The van der Waals surface area contributed by atoms with Crippen LogP contribution in [-0.4, -0.2) is 0 Å². The number of rotatable bonds is 7. The highest BCUT2D eigenvalue weighted by molar-refractivity contribution is 5.82. The van der Waals surface area contributed by atoms with E-state index in [1.807, 2.05) is 0 Å². The summed E-state index contributed by atoms with van der Waals surface area (Å²) >= 11 is 0. The Morgan fingerprint density at radius 1 is 0.486 bits per heavy atom. The highest BCUT2D eigenvalue weighted by Crippen LogP contribution is 2.29. The molecular weight excluding hydrogens is 422 g/mol. The average molecular weight is 456 g/mol. The number of benzene rings is 4. The van der Waals surface area contributed by atoms with Crippen LogP contribution in [0.2, 0.25) is 0 Å². The first-order valence-electron chi connectivity index (χ1n) is 12.1. The van der Waals surface area contributed by atoms with E-state index in [9.17, 15) is 0 Å². The van der Waals surface area contributed by atoms with Crippen molar-refractivity contribution in [3.05, 3.63) is 143 Å². The van der Waals surface area contributed by atoms with Crippen LogP contribution in [0.4, 0.5) is 11.4 Å². The summed E-state index contributed by atoms with van der Waals surface area (Å²) in [5.74, 6) is 0. The quantitative estimate of drug-likeness (QED) is 0.251. The molecule has 0 bridgehead atoms. The van der Waals surface area contributed by atoms with Gasteiger partial charge < -0.3 is 4.90 Å². The summed E-state index contributed by atoms with van der Waals surface area (Å²) in [6, 6.07) is 38.5. The van der Waals surface area contributed by atoms with Crippen LogP contribution in [0.5, 0.6) is 0 Å². The van der Waals surface area contributed by atoms with E-state index in [1.54, 1.807) is 0 Å². The second kappa shape index (κ2) is 11.4. The van der Waals surface area contributed by atoms with E-state index in [4.69, 9.17) is 0 Å². The van der Waals surface area contributed by atoms with Crippen molar-refractivity contribution in [2.45, 2.75) is 27.7 Å². The lowest BCUT2D eigenvalue weighted by Gasteiger charge is -2.22. The maximum Gasteiger partial charge on any atom is 0.0455 e. The van der Waals surface area contributed by atoms with Crippen LogP contribution >= 0.6 is 0 Å². The lowest BCUT2D eigenvalue weighted by Crippen LogP contribution is -2.09. The molecule has 1 nitrogen and oxygen atoms in total. The van der Waals surface area contributed by atoms with Gasteiger partial charge in [0.1, 0.15) is 0 Å². The van der Waals surface area contributed by atoms with Crippen molar-refractivity contribution < 1.29 is 0 Å². The van der Waals surface area contributed by atoms with Crippen molar-refractivity contribution in [1.82, 2.24) is 0 Å². The van der Waals surface area contributed by atoms with Gasteiger partial charge in [-0.2, -0.15) is 0 Å². The third kappa shape index (κ3) is 6.49. The summed E-state index contributed by atoms with van der Waals surface area (Å²) < 4.78 is 0. The number of hydrogen-bond acceptors (Lipinski definition) is 1. The highest BCUT2D eigenvalue weighted by Gasteiger charge is 2.08. The van der Waals surface area contributed by atoms with Gasteiger partial charge in [0.05, 0.1) is 0 Å². The van der Waals surface area contributed by atoms with Gasteiger partial charge in [-0.1, -0.05) is 103 Å². The van der Waals surface area contributed by atoms with Crippen molar-refractivity contribution in [2.24, 2.45) is 0 Å². The number of hydrogen-bond donors (Lipinski definition) is 0. The second-order valence-corrected chi connectivity index (χ2v) is 9.15. The summed E-state index contributed by atoms with van der Waals surface area (Å²) in [5.41, 5.74) is 10.9. The third-order valence-corrected chi connectivity index (χ3v) is 5.95. The topological polar surface area (TPSA) is 3.24 Å². The normalized spacial score (nSPS) is 11.8. The summed E-state index contributed by atoms with van der Waals surface area (Å²) in [4.78, 5) is 2.25. The summed E-state index contributed by atoms with van der Waals surface area (Å²) in [6.07, 6.45) is 6.67. The largest absolute Gasteiger partial charge is 0.317 e. The zero-order valence-corrected chi connectivity index (χ0v) is 21.1. The lowest BCUT2D eigenvalue weighted by molar-refractivity contribution is 1.22. The van der Waals surface area contributed by atoms with Crippen LogP contribution in [0.25, 0.3) is 23.3 Å². The summed E-state index contributed by atoms with van der Waals surface area (Å²) in [6.45, 7) is 8.59. The Balaban J connectivity index is 1.57. The van der Waals surface area contributed by atoms with Gasteiger partial charge in [0, 0.05) is 17.6 Å². The molecule has 0 heterocycles. The van der Waals surface area contributed by atoms with E-state index < -0.39 is 0 Å². The number of nitrogens with zero attached hydrogens (tertiary/aromatic N) is 1. The van der Waals surface area contributed by atoms with Gasteiger partial charge in [0.15, 0.2) is 0 Å². The third-order valence-electron chi connectivity index (χ3n) is 5.95. The van der Waals surface area contributed by atoms with Crippen molar-refractivity contribution in [3.63, 3.8) is 0 Å². The van der Waals surface area contributed by atoms with E-state index in [0.717, 1.165) is 11.4 Å². The molecule has 0 amide bonds. The molecule has 0 fully saturated rings. The van der Waals surface area contributed by atoms with E-state index in [1.165, 1.54) is 39.0 Å². The van der Waals surface area contributed by atoms with Gasteiger partial charge in [-0.15, -0.1) is 0 Å². The van der Waals surface area contributed by atoms with Crippen molar-refractivity contribution >= 4 is 34.7 Å². The van der Waals surface area contributed by atoms with E-state index >= 15 is 0 Å². The summed E-state index contributed by atoms with van der Waals surface area (Å²) in [5, 5.41) is 0. The molecule has 0 radical (unpaired) electrons. The fraction of sp³-hybridized carbons (Fsp3) is 0.118. The van der Waals surface area contributed by atoms with Crippen LogP contribution in [0.1, 0.15) is 49.9 Å². The van der Waals surface area contributed by atoms with Crippen LogP contribution < -0.4 is 4.90 Å². The standard InChI is InChI=1S/C34H33N/c1-26(2)25-35(33-19-15-29(16-20-33)23-27(3)31-11-7-5-8-12-31)34-21-17-30(18-22-34)24-28(4)32-13-9-6-10-14-32/h5-25H,1-4H3/b27-23-,28-24-. The first kappa shape index (κ1) is 24.0. The molecular formula is C34H33N. The van der Waals surface area contributed by atoms with E-state index in [-0.39, 0.29) is 0 Å². The summed E-state index contributed by atoms with van der Waals surface area (Å²) in [7, 11) is 0. The van der Waals surface area contributed by atoms with Crippen molar-refractivity contribution in [2.75, 3.05) is 4.90 Å².